The SMILES string of the molecule is O=[N+]([O-])c1ccccc1O.O=[N+]([O-])c1ccccc1OC1OC(CO)C(O)C(O)C1O. The summed E-state index contributed by atoms with van der Waals surface area (Å²) in [7, 11) is 0. The van der Waals surface area contributed by atoms with Gasteiger partial charge in [-0.1, -0.05) is 24.3 Å². The van der Waals surface area contributed by atoms with Crippen LogP contribution in [0.3, 0.4) is 0 Å². The smallest absolute Gasteiger partial charge is 0.311 e. The van der Waals surface area contributed by atoms with E-state index in [-0.39, 0.29) is 22.9 Å². The van der Waals surface area contributed by atoms with Crippen LogP contribution in [0.2, 0.25) is 0 Å². The predicted molar refractivity (Wildman–Crippen MR) is 102 cm³/mol. The molecule has 1 heterocycles. The molecule has 0 radical (unpaired) electrons. The quantitative estimate of drug-likeness (QED) is 0.311. The largest absolute Gasteiger partial charge is 0.502 e. The lowest BCUT2D eigenvalue weighted by atomic mass is 9.99. The van der Waals surface area contributed by atoms with E-state index in [2.05, 4.69) is 0 Å². The first-order valence-corrected chi connectivity index (χ1v) is 8.80. The fourth-order valence-corrected chi connectivity index (χ4v) is 2.62. The molecule has 31 heavy (non-hydrogen) atoms. The molecule has 2 aromatic rings. The van der Waals surface area contributed by atoms with Crippen LogP contribution >= 0.6 is 0 Å². The number of hydrogen-bond donors (Lipinski definition) is 5. The van der Waals surface area contributed by atoms with Gasteiger partial charge in [-0.25, -0.2) is 0 Å². The molecular weight excluding hydrogens is 420 g/mol. The zero-order valence-electron chi connectivity index (χ0n) is 15.8. The summed E-state index contributed by atoms with van der Waals surface area (Å²) in [5.41, 5.74) is -0.600. The van der Waals surface area contributed by atoms with Crippen LogP contribution in [0.25, 0.3) is 0 Å². The number of hydrogen-bond acceptors (Lipinski definition) is 11. The zero-order chi connectivity index (χ0) is 23.1. The molecule has 3 rings (SSSR count). The molecule has 1 aliphatic rings. The minimum absolute atomic E-state index is 0.160. The fraction of sp³-hybridized carbons (Fsp3) is 0.333. The number of ether oxygens (including phenoxy) is 2. The minimum Gasteiger partial charge on any atom is -0.502 e. The summed E-state index contributed by atoms with van der Waals surface area (Å²) in [6.45, 7) is -0.609. The third-order valence-electron chi connectivity index (χ3n) is 4.23. The van der Waals surface area contributed by atoms with Crippen molar-refractivity contribution in [3.05, 3.63) is 68.8 Å². The first-order valence-electron chi connectivity index (χ1n) is 8.80. The van der Waals surface area contributed by atoms with E-state index in [0.29, 0.717) is 0 Å². The Balaban J connectivity index is 0.000000285. The number of aromatic hydroxyl groups is 1. The van der Waals surface area contributed by atoms with Crippen LogP contribution in [0, 0.1) is 20.2 Å². The third kappa shape index (κ3) is 5.84. The summed E-state index contributed by atoms with van der Waals surface area (Å²) < 4.78 is 10.3. The second-order valence-electron chi connectivity index (χ2n) is 6.29. The van der Waals surface area contributed by atoms with Gasteiger partial charge in [0.05, 0.1) is 16.5 Å². The van der Waals surface area contributed by atoms with Gasteiger partial charge >= 0.3 is 11.4 Å². The van der Waals surface area contributed by atoms with Gasteiger partial charge < -0.3 is 35.0 Å². The molecule has 0 bridgehead atoms. The van der Waals surface area contributed by atoms with Gasteiger partial charge in [0.25, 0.3) is 0 Å². The minimum atomic E-state index is -1.62. The predicted octanol–water partition coefficient (Wildman–Crippen LogP) is 0.0739. The number of aliphatic hydroxyl groups is 4. The highest BCUT2D eigenvalue weighted by molar-refractivity contribution is 5.46. The van der Waals surface area contributed by atoms with E-state index >= 15 is 0 Å². The highest BCUT2D eigenvalue weighted by Crippen LogP contribution is 2.30. The zero-order valence-corrected chi connectivity index (χ0v) is 15.8. The van der Waals surface area contributed by atoms with Crippen LogP contribution in [0.4, 0.5) is 11.4 Å². The van der Waals surface area contributed by atoms with Gasteiger partial charge in [-0.15, -0.1) is 0 Å². The number of rotatable bonds is 5. The Morgan fingerprint density at radius 2 is 1.42 bits per heavy atom. The highest BCUT2D eigenvalue weighted by Gasteiger charge is 2.45. The third-order valence-corrected chi connectivity index (χ3v) is 4.23. The number of nitro groups is 2. The van der Waals surface area contributed by atoms with Crippen LogP contribution in [0.1, 0.15) is 0 Å². The van der Waals surface area contributed by atoms with Gasteiger partial charge in [0, 0.05) is 12.1 Å². The Hall–Kier alpha value is -3.36. The summed E-state index contributed by atoms with van der Waals surface area (Å²) in [5, 5.41) is 67.9. The van der Waals surface area contributed by atoms with Crippen molar-refractivity contribution >= 4 is 11.4 Å². The number of para-hydroxylation sites is 4. The Morgan fingerprint density at radius 1 is 0.871 bits per heavy atom. The van der Waals surface area contributed by atoms with E-state index in [9.17, 15) is 35.5 Å². The Morgan fingerprint density at radius 3 is 1.94 bits per heavy atom. The Bertz CT molecular complexity index is 908. The van der Waals surface area contributed by atoms with Gasteiger partial charge in [-0.05, 0) is 12.1 Å². The lowest BCUT2D eigenvalue weighted by molar-refractivity contribution is -0.387. The number of benzene rings is 2. The van der Waals surface area contributed by atoms with E-state index in [0.717, 1.165) is 0 Å². The molecule has 13 heteroatoms. The summed E-state index contributed by atoms with van der Waals surface area (Å²) in [6, 6.07) is 11.0. The molecule has 5 atom stereocenters. The molecule has 0 saturated carbocycles. The number of phenolic OH excluding ortho intramolecular Hbond substituents is 1. The molecule has 0 spiro atoms. The van der Waals surface area contributed by atoms with Crippen LogP contribution < -0.4 is 4.74 Å². The van der Waals surface area contributed by atoms with Crippen LogP contribution in [0.5, 0.6) is 11.5 Å². The number of aliphatic hydroxyl groups excluding tert-OH is 4. The molecule has 1 saturated heterocycles. The Kier molecular flexibility index (Phi) is 8.18. The summed E-state index contributed by atoms with van der Waals surface area (Å²) >= 11 is 0. The molecule has 168 valence electrons. The summed E-state index contributed by atoms with van der Waals surface area (Å²) in [6.07, 6.45) is -7.35. The second kappa shape index (κ2) is 10.6. The summed E-state index contributed by atoms with van der Waals surface area (Å²) in [5.74, 6) is -0.459. The second-order valence-corrected chi connectivity index (χ2v) is 6.29. The van der Waals surface area contributed by atoms with Crippen molar-refractivity contribution in [3.8, 4) is 11.5 Å². The van der Waals surface area contributed by atoms with Gasteiger partial charge in [0.1, 0.15) is 24.4 Å². The first kappa shape index (κ1) is 23.9. The van der Waals surface area contributed by atoms with Crippen molar-refractivity contribution in [2.24, 2.45) is 0 Å². The van der Waals surface area contributed by atoms with Gasteiger partial charge in [-0.3, -0.25) is 20.2 Å². The first-order chi connectivity index (χ1) is 14.7. The van der Waals surface area contributed by atoms with E-state index < -0.39 is 47.2 Å². The molecule has 5 unspecified atom stereocenters. The Labute approximate surface area is 174 Å². The molecule has 2 aromatic carbocycles. The van der Waals surface area contributed by atoms with Crippen LogP contribution in [0.15, 0.2) is 48.5 Å². The topological polar surface area (TPSA) is 206 Å². The fourth-order valence-electron chi connectivity index (χ4n) is 2.62. The van der Waals surface area contributed by atoms with E-state index in [4.69, 9.17) is 19.7 Å². The molecule has 0 amide bonds. The number of phenols is 1. The van der Waals surface area contributed by atoms with E-state index in [1.165, 1.54) is 48.5 Å². The van der Waals surface area contributed by atoms with Crippen LogP contribution in [-0.4, -0.2) is 72.7 Å². The van der Waals surface area contributed by atoms with Crippen LogP contribution in [-0.2, 0) is 4.74 Å². The molecule has 0 aliphatic carbocycles. The van der Waals surface area contributed by atoms with E-state index in [1.807, 2.05) is 0 Å². The number of nitro benzene ring substituents is 2. The molecule has 0 aromatic heterocycles. The average molecular weight is 440 g/mol. The molecule has 1 fully saturated rings. The van der Waals surface area contributed by atoms with Gasteiger partial charge in [0.2, 0.25) is 6.29 Å². The van der Waals surface area contributed by atoms with Gasteiger partial charge in [-0.2, -0.15) is 0 Å². The van der Waals surface area contributed by atoms with Gasteiger partial charge in [0.15, 0.2) is 11.5 Å². The maximum atomic E-state index is 10.9. The lowest BCUT2D eigenvalue weighted by Crippen LogP contribution is -2.60. The molecular formula is C18H20N2O11. The highest BCUT2D eigenvalue weighted by atomic mass is 16.7. The lowest BCUT2D eigenvalue weighted by Gasteiger charge is -2.39. The number of nitrogens with zero attached hydrogens (tertiary/aromatic N) is 2. The van der Waals surface area contributed by atoms with Crippen molar-refractivity contribution < 1.29 is 44.9 Å². The average Bonchev–Trinajstić information content (AvgIpc) is 2.75. The summed E-state index contributed by atoms with van der Waals surface area (Å²) in [4.78, 5) is 19.6. The molecule has 1 aliphatic heterocycles. The normalized spacial score (nSPS) is 25.1. The molecule has 5 N–H and O–H groups in total. The molecule has 13 nitrogen and oxygen atoms in total. The maximum absolute atomic E-state index is 10.9. The van der Waals surface area contributed by atoms with E-state index in [1.54, 1.807) is 0 Å². The van der Waals surface area contributed by atoms with Crippen molar-refractivity contribution in [2.75, 3.05) is 6.61 Å². The van der Waals surface area contributed by atoms with Crippen molar-refractivity contribution in [3.63, 3.8) is 0 Å². The van der Waals surface area contributed by atoms with Crippen molar-refractivity contribution in [1.29, 1.82) is 0 Å². The van der Waals surface area contributed by atoms with Crippen molar-refractivity contribution in [1.82, 2.24) is 0 Å². The monoisotopic (exact) mass is 440 g/mol. The maximum Gasteiger partial charge on any atom is 0.311 e. The van der Waals surface area contributed by atoms with Crippen molar-refractivity contribution in [2.45, 2.75) is 30.7 Å². The standard InChI is InChI=1S/C12H15NO8.C6H5NO3/c14-5-8-9(15)10(16)11(17)12(21-8)20-7-4-2-1-3-6(7)13(18)19;8-6-4-2-1-3-5(6)7(9)10/h1-4,8-12,14-17H,5H2;1-4,8H.